The van der Waals surface area contributed by atoms with E-state index in [0.29, 0.717) is 0 Å². The topological polar surface area (TPSA) is 22.0 Å². The van der Waals surface area contributed by atoms with Crippen molar-refractivity contribution in [1.29, 1.82) is 0 Å². The minimum Gasteiger partial charge on any atom is -0.309 e. The van der Waals surface area contributed by atoms with Gasteiger partial charge in [0.25, 0.3) is 0 Å². The Hall–Kier alpha value is -4.91. The average Bonchev–Trinajstić information content (AvgIpc) is 3.51. The van der Waals surface area contributed by atoms with Gasteiger partial charge in [0.2, 0.25) is 0 Å². The number of fused-ring (bicyclic) bond motifs is 10. The van der Waals surface area contributed by atoms with Gasteiger partial charge in [0.15, 0.2) is 7.14 Å². The summed E-state index contributed by atoms with van der Waals surface area (Å²) in [5.41, 5.74) is 5.48. The van der Waals surface area contributed by atoms with Gasteiger partial charge in [-0.15, -0.1) is 0 Å². The Bertz CT molecular complexity index is 2400. The molecule has 2 heterocycles. The van der Waals surface area contributed by atoms with Crippen molar-refractivity contribution in [1.82, 2.24) is 4.57 Å². The molecule has 0 N–H and O–H groups in total. The fourth-order valence-electron chi connectivity index (χ4n) is 7.07. The third-order valence-corrected chi connectivity index (χ3v) is 12.0. The first-order chi connectivity index (χ1) is 20.2. The van der Waals surface area contributed by atoms with Gasteiger partial charge in [0.05, 0.1) is 16.7 Å². The molecular formula is C38H24NOP. The SMILES string of the molecule is O=P1(c2ccccc2)c2ccccc2-c2ccc3c(c21)c1ccccc1n3-c1cc2ccccc2c2ccccc12. The van der Waals surface area contributed by atoms with E-state index < -0.39 is 7.14 Å². The van der Waals surface area contributed by atoms with Gasteiger partial charge in [-0.1, -0.05) is 127 Å². The molecule has 0 fully saturated rings. The third-order valence-electron chi connectivity index (χ3n) is 8.77. The summed E-state index contributed by atoms with van der Waals surface area (Å²) in [7, 11) is -3.13. The summed E-state index contributed by atoms with van der Waals surface area (Å²) in [5, 5.41) is 9.86. The molecule has 1 aliphatic rings. The highest BCUT2D eigenvalue weighted by Crippen LogP contribution is 2.55. The van der Waals surface area contributed by atoms with E-state index in [-0.39, 0.29) is 0 Å². The smallest absolute Gasteiger partial charge is 0.172 e. The summed E-state index contributed by atoms with van der Waals surface area (Å²) in [6.45, 7) is 0. The normalized spacial score (nSPS) is 16.0. The zero-order valence-corrected chi connectivity index (χ0v) is 23.1. The summed E-state index contributed by atoms with van der Waals surface area (Å²) < 4.78 is 18.0. The summed E-state index contributed by atoms with van der Waals surface area (Å²) in [4.78, 5) is 0. The minimum atomic E-state index is -3.13. The van der Waals surface area contributed by atoms with Crippen LogP contribution in [0.3, 0.4) is 0 Å². The molecule has 1 aromatic heterocycles. The van der Waals surface area contributed by atoms with E-state index in [1.165, 1.54) is 21.5 Å². The van der Waals surface area contributed by atoms with Crippen molar-refractivity contribution in [2.75, 3.05) is 0 Å². The number of hydrogen-bond donors (Lipinski definition) is 0. The Morgan fingerprint density at radius 3 is 2.00 bits per heavy atom. The molecule has 7 aromatic carbocycles. The van der Waals surface area contributed by atoms with Crippen LogP contribution in [0.1, 0.15) is 0 Å². The van der Waals surface area contributed by atoms with Gasteiger partial charge in [0.1, 0.15) is 0 Å². The molecule has 41 heavy (non-hydrogen) atoms. The number of nitrogens with zero attached hydrogens (tertiary/aromatic N) is 1. The van der Waals surface area contributed by atoms with Crippen LogP contribution in [0, 0.1) is 0 Å². The van der Waals surface area contributed by atoms with Crippen LogP contribution >= 0.6 is 7.14 Å². The first kappa shape index (κ1) is 22.9. The summed E-state index contributed by atoms with van der Waals surface area (Å²) in [6.07, 6.45) is 0. The lowest BCUT2D eigenvalue weighted by Gasteiger charge is -2.17. The first-order valence-corrected chi connectivity index (χ1v) is 15.7. The molecule has 1 atom stereocenters. The van der Waals surface area contributed by atoms with Crippen LogP contribution in [0.25, 0.3) is 60.2 Å². The second-order valence-corrected chi connectivity index (χ2v) is 13.5. The van der Waals surface area contributed by atoms with Crippen molar-refractivity contribution < 1.29 is 4.57 Å². The molecule has 192 valence electrons. The lowest BCUT2D eigenvalue weighted by Crippen LogP contribution is -2.21. The molecule has 0 amide bonds. The van der Waals surface area contributed by atoms with Gasteiger partial charge in [-0.25, -0.2) is 0 Å². The zero-order chi connectivity index (χ0) is 27.1. The molecule has 2 nitrogen and oxygen atoms in total. The molecule has 3 heteroatoms. The molecular weight excluding hydrogens is 517 g/mol. The molecule has 0 bridgehead atoms. The van der Waals surface area contributed by atoms with Crippen molar-refractivity contribution >= 4 is 66.4 Å². The van der Waals surface area contributed by atoms with Gasteiger partial charge in [-0.05, 0) is 45.5 Å². The van der Waals surface area contributed by atoms with Crippen molar-refractivity contribution in [2.24, 2.45) is 0 Å². The molecule has 1 unspecified atom stereocenters. The standard InChI is InChI=1S/C38H24NOP/c40-41(26-13-2-1-3-14-26)36-21-11-9-18-30(36)31-22-23-34-37(38(31)41)32-19-8-10-20-33(32)39(34)35-24-25-12-4-5-15-27(25)28-16-6-7-17-29(28)35/h1-24H. The summed E-state index contributed by atoms with van der Waals surface area (Å²) >= 11 is 0. The quantitative estimate of drug-likeness (QED) is 0.158. The summed E-state index contributed by atoms with van der Waals surface area (Å²) in [5.74, 6) is 0. The van der Waals surface area contributed by atoms with Crippen molar-refractivity contribution in [3.63, 3.8) is 0 Å². The van der Waals surface area contributed by atoms with E-state index in [1.807, 2.05) is 36.4 Å². The molecule has 0 saturated heterocycles. The van der Waals surface area contributed by atoms with Gasteiger partial charge in [0, 0.05) is 32.1 Å². The second kappa shape index (κ2) is 8.30. The number of aromatic nitrogens is 1. The van der Waals surface area contributed by atoms with Crippen LogP contribution < -0.4 is 15.9 Å². The summed E-state index contributed by atoms with van der Waals surface area (Å²) in [6, 6.07) is 50.9. The van der Waals surface area contributed by atoms with E-state index in [1.54, 1.807) is 0 Å². The molecule has 8 aromatic rings. The van der Waals surface area contributed by atoms with Gasteiger partial charge in [-0.3, -0.25) is 0 Å². The van der Waals surface area contributed by atoms with Crippen molar-refractivity contribution in [2.45, 2.75) is 0 Å². The molecule has 0 aliphatic carbocycles. The third kappa shape index (κ3) is 2.95. The highest BCUT2D eigenvalue weighted by atomic mass is 31.2. The predicted molar refractivity (Wildman–Crippen MR) is 174 cm³/mol. The fraction of sp³-hybridized carbons (Fsp3) is 0. The second-order valence-electron chi connectivity index (χ2n) is 10.8. The van der Waals surface area contributed by atoms with Crippen molar-refractivity contribution in [3.05, 3.63) is 146 Å². The van der Waals surface area contributed by atoms with E-state index in [4.69, 9.17) is 0 Å². The lowest BCUT2D eigenvalue weighted by molar-refractivity contribution is 0.593. The zero-order valence-electron chi connectivity index (χ0n) is 22.2. The average molecular weight is 542 g/mol. The van der Waals surface area contributed by atoms with E-state index in [9.17, 15) is 0 Å². The molecule has 0 radical (unpaired) electrons. The maximum Gasteiger partial charge on any atom is 0.172 e. The number of rotatable bonds is 2. The number of benzene rings is 7. The van der Waals surface area contributed by atoms with E-state index >= 15 is 4.57 Å². The maximum atomic E-state index is 15.6. The number of hydrogen-bond acceptors (Lipinski definition) is 1. The van der Waals surface area contributed by atoms with Crippen LogP contribution in [-0.4, -0.2) is 4.57 Å². The molecule has 1 aliphatic heterocycles. The van der Waals surface area contributed by atoms with E-state index in [0.717, 1.165) is 54.5 Å². The highest BCUT2D eigenvalue weighted by Gasteiger charge is 2.42. The van der Waals surface area contributed by atoms with Gasteiger partial charge >= 0.3 is 0 Å². The highest BCUT2D eigenvalue weighted by molar-refractivity contribution is 7.86. The first-order valence-electron chi connectivity index (χ1n) is 14.0. The Labute approximate surface area is 237 Å². The minimum absolute atomic E-state index is 0.881. The fourth-order valence-corrected chi connectivity index (χ4v) is 10.4. The van der Waals surface area contributed by atoms with Crippen LogP contribution in [-0.2, 0) is 4.57 Å². The van der Waals surface area contributed by atoms with Gasteiger partial charge < -0.3 is 9.13 Å². The monoisotopic (exact) mass is 541 g/mol. The lowest BCUT2D eigenvalue weighted by atomic mass is 10.00. The number of para-hydroxylation sites is 1. The Kier molecular flexibility index (Phi) is 4.63. The Balaban J connectivity index is 1.49. The predicted octanol–water partition coefficient (Wildman–Crippen LogP) is 8.71. The molecule has 0 spiro atoms. The largest absolute Gasteiger partial charge is 0.309 e. The van der Waals surface area contributed by atoms with Crippen LogP contribution in [0.15, 0.2) is 146 Å². The molecule has 9 rings (SSSR count). The molecule has 0 saturated carbocycles. The Morgan fingerprint density at radius 2 is 1.15 bits per heavy atom. The van der Waals surface area contributed by atoms with Crippen LogP contribution in [0.4, 0.5) is 0 Å². The van der Waals surface area contributed by atoms with E-state index in [2.05, 4.69) is 114 Å². The van der Waals surface area contributed by atoms with Gasteiger partial charge in [-0.2, -0.15) is 0 Å². The van der Waals surface area contributed by atoms with Crippen LogP contribution in [0.5, 0.6) is 0 Å². The van der Waals surface area contributed by atoms with Crippen molar-refractivity contribution in [3.8, 4) is 16.8 Å². The maximum absolute atomic E-state index is 15.6. The van der Waals surface area contributed by atoms with Crippen LogP contribution in [0.2, 0.25) is 0 Å². The Morgan fingerprint density at radius 1 is 0.488 bits per heavy atom.